The van der Waals surface area contributed by atoms with Crippen molar-refractivity contribution in [3.8, 4) is 11.3 Å². The largest absolute Gasteiger partial charge is 0.398 e. The average Bonchev–Trinajstić information content (AvgIpc) is 2.75. The smallest absolute Gasteiger partial charge is 0.227 e. The van der Waals surface area contributed by atoms with Crippen molar-refractivity contribution in [3.05, 3.63) is 102 Å². The van der Waals surface area contributed by atoms with Gasteiger partial charge in [0, 0.05) is 34.3 Å². The Balaban J connectivity index is 1.67. The van der Waals surface area contributed by atoms with Gasteiger partial charge in [-0.15, -0.1) is 0 Å². The number of nitrogens with one attached hydrogen (secondary N) is 1. The highest BCUT2D eigenvalue weighted by atomic mass is 16.1. The number of nitrogens with zero attached hydrogens (tertiary/aromatic N) is 2. The number of nitrogen functional groups attached to an aromatic ring is 1. The van der Waals surface area contributed by atoms with E-state index in [1.165, 1.54) is 0 Å². The highest BCUT2D eigenvalue weighted by molar-refractivity contribution is 6.12. The zero-order valence-corrected chi connectivity index (χ0v) is 15.0. The molecule has 1 heterocycles. The Bertz CT molecular complexity index is 1110. The van der Waals surface area contributed by atoms with Crippen LogP contribution < -0.4 is 11.1 Å². The number of nitrogens with two attached hydrogens (primary N) is 1. The molecule has 28 heavy (non-hydrogen) atoms. The van der Waals surface area contributed by atoms with Crippen molar-refractivity contribution in [1.82, 2.24) is 9.97 Å². The van der Waals surface area contributed by atoms with Gasteiger partial charge in [-0.05, 0) is 30.3 Å². The third kappa shape index (κ3) is 3.73. The number of para-hydroxylation sites is 1. The maximum atomic E-state index is 12.8. The summed E-state index contributed by atoms with van der Waals surface area (Å²) in [6.07, 6.45) is 1.68. The van der Waals surface area contributed by atoms with Crippen molar-refractivity contribution < 1.29 is 4.79 Å². The SMILES string of the molecule is Nc1ccc(-c2ccnc(Nc3ccccc3)n2)cc1C(=O)c1ccccc1. The Morgan fingerprint density at radius 2 is 1.57 bits per heavy atom. The topological polar surface area (TPSA) is 80.9 Å². The minimum absolute atomic E-state index is 0.114. The fraction of sp³-hybridized carbons (Fsp3) is 0. The summed E-state index contributed by atoms with van der Waals surface area (Å²) in [5.41, 5.74) is 9.97. The maximum absolute atomic E-state index is 12.8. The zero-order valence-electron chi connectivity index (χ0n) is 15.0. The molecule has 0 radical (unpaired) electrons. The van der Waals surface area contributed by atoms with E-state index in [2.05, 4.69) is 15.3 Å². The minimum Gasteiger partial charge on any atom is -0.398 e. The van der Waals surface area contributed by atoms with Crippen LogP contribution in [-0.2, 0) is 0 Å². The van der Waals surface area contributed by atoms with E-state index < -0.39 is 0 Å². The summed E-state index contributed by atoms with van der Waals surface area (Å²) < 4.78 is 0. The number of benzene rings is 3. The lowest BCUT2D eigenvalue weighted by atomic mass is 9.98. The summed E-state index contributed by atoms with van der Waals surface area (Å²) in [5.74, 6) is 0.369. The molecule has 136 valence electrons. The lowest BCUT2D eigenvalue weighted by molar-refractivity contribution is 0.103. The van der Waals surface area contributed by atoms with Gasteiger partial charge < -0.3 is 11.1 Å². The summed E-state index contributed by atoms with van der Waals surface area (Å²) in [7, 11) is 0. The number of anilines is 3. The minimum atomic E-state index is -0.114. The van der Waals surface area contributed by atoms with Gasteiger partial charge in [-0.2, -0.15) is 0 Å². The van der Waals surface area contributed by atoms with Crippen LogP contribution >= 0.6 is 0 Å². The van der Waals surface area contributed by atoms with Crippen LogP contribution in [0.15, 0.2) is 91.1 Å². The molecule has 3 aromatic carbocycles. The number of rotatable bonds is 5. The van der Waals surface area contributed by atoms with Crippen LogP contribution in [0.3, 0.4) is 0 Å². The van der Waals surface area contributed by atoms with Crippen LogP contribution in [0.5, 0.6) is 0 Å². The van der Waals surface area contributed by atoms with Crippen LogP contribution in [0.2, 0.25) is 0 Å². The molecule has 0 saturated carbocycles. The van der Waals surface area contributed by atoms with Crippen LogP contribution in [-0.4, -0.2) is 15.8 Å². The van der Waals surface area contributed by atoms with E-state index >= 15 is 0 Å². The van der Waals surface area contributed by atoms with Crippen LogP contribution in [0.4, 0.5) is 17.3 Å². The van der Waals surface area contributed by atoms with Crippen molar-refractivity contribution in [2.75, 3.05) is 11.1 Å². The number of hydrogen-bond acceptors (Lipinski definition) is 5. The maximum Gasteiger partial charge on any atom is 0.227 e. The van der Waals surface area contributed by atoms with Gasteiger partial charge in [0.2, 0.25) is 5.95 Å². The number of hydrogen-bond donors (Lipinski definition) is 2. The number of aromatic nitrogens is 2. The molecule has 5 heteroatoms. The van der Waals surface area contributed by atoms with Crippen molar-refractivity contribution in [3.63, 3.8) is 0 Å². The van der Waals surface area contributed by atoms with E-state index in [1.807, 2.05) is 54.6 Å². The van der Waals surface area contributed by atoms with Gasteiger partial charge in [-0.25, -0.2) is 9.97 Å². The quantitative estimate of drug-likeness (QED) is 0.395. The zero-order chi connectivity index (χ0) is 19.3. The monoisotopic (exact) mass is 366 g/mol. The van der Waals surface area contributed by atoms with E-state index in [-0.39, 0.29) is 5.78 Å². The molecule has 0 bridgehead atoms. The second kappa shape index (κ2) is 7.72. The first kappa shape index (κ1) is 17.4. The van der Waals surface area contributed by atoms with E-state index in [0.29, 0.717) is 28.5 Å². The molecule has 4 aromatic rings. The normalized spacial score (nSPS) is 10.4. The lowest BCUT2D eigenvalue weighted by Crippen LogP contribution is -2.06. The lowest BCUT2D eigenvalue weighted by Gasteiger charge is -2.10. The fourth-order valence-corrected chi connectivity index (χ4v) is 2.89. The molecule has 0 spiro atoms. The van der Waals surface area contributed by atoms with E-state index in [9.17, 15) is 4.79 Å². The van der Waals surface area contributed by atoms with Gasteiger partial charge in [0.1, 0.15) is 0 Å². The molecule has 0 saturated heterocycles. The Labute approximate surface area is 162 Å². The highest BCUT2D eigenvalue weighted by Gasteiger charge is 2.14. The molecule has 0 amide bonds. The van der Waals surface area contributed by atoms with Crippen LogP contribution in [0.1, 0.15) is 15.9 Å². The summed E-state index contributed by atoms with van der Waals surface area (Å²) in [6.45, 7) is 0. The molecule has 0 aliphatic carbocycles. The Morgan fingerprint density at radius 1 is 0.857 bits per heavy atom. The summed E-state index contributed by atoms with van der Waals surface area (Å²) in [6, 6.07) is 26.0. The molecule has 0 aliphatic rings. The number of carbonyl (C=O) groups excluding carboxylic acids is 1. The third-order valence-electron chi connectivity index (χ3n) is 4.32. The standard InChI is InChI=1S/C23H18N4O/c24-20-12-11-17(15-19(20)22(28)16-7-3-1-4-8-16)21-13-14-25-23(27-21)26-18-9-5-2-6-10-18/h1-15H,24H2,(H,25,26,27). The Morgan fingerprint density at radius 3 is 2.32 bits per heavy atom. The molecule has 1 aromatic heterocycles. The van der Waals surface area contributed by atoms with Gasteiger partial charge in [0.25, 0.3) is 0 Å². The molecule has 0 aliphatic heterocycles. The van der Waals surface area contributed by atoms with E-state index in [4.69, 9.17) is 5.73 Å². The van der Waals surface area contributed by atoms with Gasteiger partial charge in [0.15, 0.2) is 5.78 Å². The Hall–Kier alpha value is -3.99. The van der Waals surface area contributed by atoms with E-state index in [1.54, 1.807) is 36.5 Å². The molecule has 0 fully saturated rings. The van der Waals surface area contributed by atoms with Crippen molar-refractivity contribution in [1.29, 1.82) is 0 Å². The van der Waals surface area contributed by atoms with Crippen molar-refractivity contribution in [2.45, 2.75) is 0 Å². The van der Waals surface area contributed by atoms with Gasteiger partial charge in [-0.3, -0.25) is 4.79 Å². The molecule has 5 nitrogen and oxygen atoms in total. The predicted molar refractivity (Wildman–Crippen MR) is 111 cm³/mol. The Kier molecular flexibility index (Phi) is 4.80. The first-order valence-corrected chi connectivity index (χ1v) is 8.85. The van der Waals surface area contributed by atoms with Crippen LogP contribution in [0, 0.1) is 0 Å². The van der Waals surface area contributed by atoms with Gasteiger partial charge in [-0.1, -0.05) is 54.6 Å². The second-order valence-corrected chi connectivity index (χ2v) is 6.25. The van der Waals surface area contributed by atoms with E-state index in [0.717, 1.165) is 11.3 Å². The van der Waals surface area contributed by atoms with Crippen LogP contribution in [0.25, 0.3) is 11.3 Å². The number of carbonyl (C=O) groups is 1. The second-order valence-electron chi connectivity index (χ2n) is 6.25. The molecule has 0 atom stereocenters. The molecule has 4 rings (SSSR count). The molecule has 0 unspecified atom stereocenters. The summed E-state index contributed by atoms with van der Waals surface area (Å²) in [4.78, 5) is 21.7. The first-order valence-electron chi connectivity index (χ1n) is 8.85. The predicted octanol–water partition coefficient (Wildman–Crippen LogP) is 4.70. The fourth-order valence-electron chi connectivity index (χ4n) is 2.89. The molecule has 3 N–H and O–H groups in total. The third-order valence-corrected chi connectivity index (χ3v) is 4.32. The first-order chi connectivity index (χ1) is 13.7. The van der Waals surface area contributed by atoms with Gasteiger partial charge >= 0.3 is 0 Å². The summed E-state index contributed by atoms with van der Waals surface area (Å²) in [5, 5.41) is 3.17. The average molecular weight is 366 g/mol. The molecular formula is C23H18N4O. The van der Waals surface area contributed by atoms with Crippen molar-refractivity contribution >= 4 is 23.1 Å². The van der Waals surface area contributed by atoms with Crippen molar-refractivity contribution in [2.24, 2.45) is 0 Å². The summed E-state index contributed by atoms with van der Waals surface area (Å²) >= 11 is 0. The number of ketones is 1. The van der Waals surface area contributed by atoms with Gasteiger partial charge in [0.05, 0.1) is 5.69 Å². The molecular weight excluding hydrogens is 348 g/mol. The highest BCUT2D eigenvalue weighted by Crippen LogP contribution is 2.25.